The van der Waals surface area contributed by atoms with Crippen molar-refractivity contribution >= 4 is 147 Å². The molecule has 11 aliphatic rings. The number of aliphatic hydroxyl groups excluding tert-OH is 2. The number of ether oxygens (including phenoxy) is 12. The number of aliphatic hydroxyl groups is 2. The molecule has 4 aromatic carbocycles. The van der Waals surface area contributed by atoms with Gasteiger partial charge in [0, 0.05) is 123 Å². The fourth-order valence-electron chi connectivity index (χ4n) is 20.0. The Morgan fingerprint density at radius 1 is 0.412 bits per heavy atom. The van der Waals surface area contributed by atoms with E-state index < -0.39 is 7.12 Å². The van der Waals surface area contributed by atoms with Crippen LogP contribution in [0, 0.1) is 0 Å². The van der Waals surface area contributed by atoms with Crippen LogP contribution in [0.2, 0.25) is 0 Å². The van der Waals surface area contributed by atoms with E-state index in [0.29, 0.717) is 111 Å². The average molecular weight is 2190 g/mol. The van der Waals surface area contributed by atoms with Gasteiger partial charge in [-0.05, 0) is 230 Å². The Morgan fingerprint density at radius 2 is 0.770 bits per heavy atom. The first-order valence-electron chi connectivity index (χ1n) is 49.1. The van der Waals surface area contributed by atoms with Gasteiger partial charge in [-0.25, -0.2) is 47.5 Å². The number of hydrogen-bond acceptors (Lipinski definition) is 35. The molecule has 0 amide bonds. The zero-order valence-electron chi connectivity index (χ0n) is 83.5. The van der Waals surface area contributed by atoms with Crippen LogP contribution in [0.3, 0.4) is 0 Å². The SMILES string of the molecule is CC1(C)OB(C2=CCC3(CC2)OCCO3)OC1(C)C.CO.CO.Cl.Nc1ncnn2c(Br)ccc12.Nc1ncnn2c(C3=CCC4(CC3)OCCO4)ccc12.Nc1ncnn2c(C3CCC4(CC3)OCCO4)cc(-c3ccc(Oc4ccccc4)cc3)c12.Nc1ncnn2c(C3CCC4(CC3)OCCO4)cc(Br)c12.Nc1ncnn2c(C3CCC4(CC3)OCCO4)ccc12.OB(O)c1ccc(Oc2ccccc2)cc1.[B]=NS. The molecule has 9 fully saturated rings. The van der Waals surface area contributed by atoms with Crippen molar-refractivity contribution in [1.29, 1.82) is 0 Å². The predicted molar refractivity (Wildman–Crippen MR) is 574 cm³/mol. The summed E-state index contributed by atoms with van der Waals surface area (Å²) in [6.07, 6.45) is 28.7. The molecule has 6 aliphatic heterocycles. The van der Waals surface area contributed by atoms with Gasteiger partial charge in [-0.2, -0.15) is 25.5 Å². The van der Waals surface area contributed by atoms with Crippen molar-refractivity contribution in [3.63, 3.8) is 0 Å². The van der Waals surface area contributed by atoms with Crippen molar-refractivity contribution in [3.8, 4) is 34.1 Å². The minimum absolute atomic E-state index is 0. The van der Waals surface area contributed by atoms with Gasteiger partial charge in [0.25, 0.3) is 0 Å². The number of aromatic nitrogens is 15. The normalized spacial score (nSPS) is 20.0. The molecule has 5 spiro atoms. The predicted octanol–water partition coefficient (Wildman–Crippen LogP) is 15.5. The monoisotopic (exact) mass is 2190 g/mol. The standard InChI is InChI=1S/C26H26N4O3.C14H23BO4.C14H17BrN4O2.C14H18N4O2.C14H16N4O2.C12H11BO3.C6H5BrN4.2CH4O.BHNS.ClH/c27-25-24-22(18-6-8-21(9-7-18)33-20-4-2-1-3-5-20)16-23(30(24)29-17-28-25)19-10-12-26(13-11-19)31-14-15-32-26;1-12(2)13(3,4)19-15(18-12)11-5-7-14(8-6-11)16-9-10-17-14;15-10-7-11(19-12(10)13(16)17-8-18-19)9-1-3-14(4-2-9)20-5-6-21-14;2*15-13-12-2-1-11(18(12)17-9-16-13)10-3-5-14(6-4-10)19-7-8-20-14;14-13(15)10-6-8-12(9-7-10)16-11-4-2-1-3-5-11;7-5-2-1-4-6(8)9-3-10-11(4)5;2*1-2;1-2-3;/h1-9,16-17,19H,10-15H2,(H2,27,28,29);5H,6-10H2,1-4H3;7-9H,1-6H2,(H2,16,17,18);1-2,9-10H,3-8H2,(H2,15,16,17);1-3,9H,4-8H2,(H2,15,16,17);1-9,14-15H;1-3H,(H2,8,9,10);2*2H,1H3;3H;1H. The minimum atomic E-state index is -1.44. The quantitative estimate of drug-likeness (QED) is 0.0425. The first-order chi connectivity index (χ1) is 71.2. The van der Waals surface area contributed by atoms with E-state index in [0.717, 1.165) is 219 Å². The Labute approximate surface area is 887 Å². The van der Waals surface area contributed by atoms with Gasteiger partial charge in [-0.15, -0.1) is 12.4 Å². The Bertz CT molecular complexity index is 6730. The number of hydrogen-bond donors (Lipinski definition) is 10. The molecule has 16 heterocycles. The number of fused-ring (bicyclic) bond motifs is 5. The zero-order valence-corrected chi connectivity index (χ0v) is 88.4. The maximum atomic E-state index is 8.92. The third-order valence-electron chi connectivity index (χ3n) is 28.3. The van der Waals surface area contributed by atoms with E-state index in [1.807, 2.05) is 121 Å². The van der Waals surface area contributed by atoms with Crippen LogP contribution in [0.5, 0.6) is 23.0 Å². The zero-order chi connectivity index (χ0) is 104. The third kappa shape index (κ3) is 25.9. The average Bonchev–Trinajstić information content (AvgIpc) is 1.60. The van der Waals surface area contributed by atoms with Crippen LogP contribution in [-0.4, -0.2) is 236 Å². The first kappa shape index (κ1) is 111. The molecule has 10 aromatic heterocycles. The van der Waals surface area contributed by atoms with Gasteiger partial charge in [-0.3, -0.25) is 0 Å². The molecule has 0 bridgehead atoms. The summed E-state index contributed by atoms with van der Waals surface area (Å²) in [6.45, 7) is 15.4. The second kappa shape index (κ2) is 50.3. The van der Waals surface area contributed by atoms with E-state index in [9.17, 15) is 0 Å². The van der Waals surface area contributed by atoms with E-state index in [2.05, 4.69) is 177 Å². The molecule has 3 saturated carbocycles. The third-order valence-corrected chi connectivity index (χ3v) is 29.5. The molecular formula is C102H126B3Br2ClN21O18S. The summed E-state index contributed by atoms with van der Waals surface area (Å²) in [4.78, 5) is 20.2. The summed E-state index contributed by atoms with van der Waals surface area (Å²) in [5, 5.41) is 53.4. The Morgan fingerprint density at radius 3 is 1.20 bits per heavy atom. The van der Waals surface area contributed by atoms with Gasteiger partial charge < -0.3 is 115 Å². The number of benzene rings is 4. The van der Waals surface area contributed by atoms with Gasteiger partial charge in [0.15, 0.2) is 58.0 Å². The van der Waals surface area contributed by atoms with E-state index in [1.54, 1.807) is 28.8 Å². The van der Waals surface area contributed by atoms with Gasteiger partial charge in [0.1, 0.15) is 86.8 Å². The fourth-order valence-corrected chi connectivity index (χ4v) is 21.0. The van der Waals surface area contributed by atoms with Gasteiger partial charge in [0.05, 0.1) is 83.0 Å². The molecule has 14 aromatic rings. The summed E-state index contributed by atoms with van der Waals surface area (Å²) < 4.78 is 95.4. The number of thiol groups is 1. The van der Waals surface area contributed by atoms with Crippen LogP contribution in [0.4, 0.5) is 29.1 Å². The molecule has 783 valence electrons. The summed E-state index contributed by atoms with van der Waals surface area (Å²) in [7, 11) is 4.68. The second-order valence-electron chi connectivity index (χ2n) is 37.4. The molecule has 6 saturated heterocycles. The topological polar surface area (TPSA) is 504 Å². The second-order valence-corrected chi connectivity index (χ2v) is 39.3. The molecule has 46 heteroatoms. The Hall–Kier alpha value is -11.0. The number of rotatable bonds is 11. The van der Waals surface area contributed by atoms with Crippen molar-refractivity contribution in [3.05, 3.63) is 239 Å². The molecule has 148 heavy (non-hydrogen) atoms. The number of anilines is 5. The molecule has 39 nitrogen and oxygen atoms in total. The summed E-state index contributed by atoms with van der Waals surface area (Å²) >= 11 is 10.1. The van der Waals surface area contributed by atoms with Crippen LogP contribution >= 0.6 is 57.1 Å². The molecule has 0 atom stereocenters. The van der Waals surface area contributed by atoms with E-state index in [-0.39, 0.29) is 59.7 Å². The maximum absolute atomic E-state index is 8.92. The van der Waals surface area contributed by atoms with Gasteiger partial charge in [0.2, 0.25) is 0 Å². The van der Waals surface area contributed by atoms with Crippen LogP contribution in [-0.2, 0) is 56.7 Å². The van der Waals surface area contributed by atoms with Crippen molar-refractivity contribution in [2.45, 2.75) is 201 Å². The van der Waals surface area contributed by atoms with Crippen molar-refractivity contribution in [1.82, 2.24) is 73.0 Å². The van der Waals surface area contributed by atoms with Gasteiger partial charge >= 0.3 is 39.0 Å². The van der Waals surface area contributed by atoms with Crippen LogP contribution in [0.25, 0.3) is 44.3 Å². The van der Waals surface area contributed by atoms with E-state index in [1.165, 1.54) is 54.1 Å². The van der Waals surface area contributed by atoms with Crippen molar-refractivity contribution < 1.29 is 86.4 Å². The molecule has 1 radical (unpaired) electrons. The number of halogens is 3. The summed E-state index contributed by atoms with van der Waals surface area (Å²) in [6, 6.07) is 50.0. The van der Waals surface area contributed by atoms with Gasteiger partial charge in [-0.1, -0.05) is 72.8 Å². The summed E-state index contributed by atoms with van der Waals surface area (Å²) in [5.41, 5.74) is 42.9. The van der Waals surface area contributed by atoms with Crippen molar-refractivity contribution in [2.75, 3.05) is 109 Å². The molecule has 14 N–H and O–H groups in total. The Balaban J connectivity index is 0.000000130. The summed E-state index contributed by atoms with van der Waals surface area (Å²) in [5.74, 6) is 5.02. The van der Waals surface area contributed by atoms with Crippen LogP contribution in [0.1, 0.15) is 184 Å². The van der Waals surface area contributed by atoms with Crippen molar-refractivity contribution in [2.24, 2.45) is 4.30 Å². The van der Waals surface area contributed by atoms with E-state index in [4.69, 9.17) is 115 Å². The Kier molecular flexibility index (Phi) is 37.8. The number of nitrogens with zero attached hydrogens (tertiary/aromatic N) is 16. The van der Waals surface area contributed by atoms with Crippen LogP contribution in [0.15, 0.2) is 220 Å². The molecular weight excluding hydrogens is 2070 g/mol. The number of nitrogens with two attached hydrogens (primary N) is 5. The fraction of sp³-hybridized carbons (Fsp3) is 0.431. The number of nitrogen functional groups attached to an aromatic ring is 5. The molecule has 0 unspecified atom stereocenters. The molecule has 25 rings (SSSR count). The molecule has 5 aliphatic carbocycles. The van der Waals surface area contributed by atoms with E-state index >= 15 is 0 Å². The number of para-hydroxylation sites is 2. The van der Waals surface area contributed by atoms with Crippen LogP contribution < -0.4 is 43.6 Å². The number of allylic oxidation sites excluding steroid dienone is 2. The first-order valence-corrected chi connectivity index (χ1v) is 51.1.